The van der Waals surface area contributed by atoms with Gasteiger partial charge in [-0.15, -0.1) is 11.3 Å². The van der Waals surface area contributed by atoms with Crippen LogP contribution in [0.4, 0.5) is 0 Å². The average molecular weight is 257 g/mol. The minimum atomic E-state index is -0.926. The van der Waals surface area contributed by atoms with Crippen LogP contribution in [0.15, 0.2) is 5.38 Å². The highest BCUT2D eigenvalue weighted by molar-refractivity contribution is 7.99. The summed E-state index contributed by atoms with van der Waals surface area (Å²) in [5.74, 6) is -0.0621. The number of carbonyl (C=O) groups is 1. The number of nitrogens with zero attached hydrogens (tertiary/aromatic N) is 1. The van der Waals surface area contributed by atoms with Crippen molar-refractivity contribution in [3.05, 3.63) is 16.1 Å². The molecule has 1 fully saturated rings. The van der Waals surface area contributed by atoms with Crippen LogP contribution in [0.5, 0.6) is 0 Å². The van der Waals surface area contributed by atoms with E-state index in [9.17, 15) is 4.79 Å². The Bertz CT molecular complexity index is 359. The lowest BCUT2D eigenvalue weighted by Gasteiger charge is -2.20. The number of aromatic carboxylic acids is 1. The molecule has 5 heteroatoms. The SMILES string of the molecule is O=C(O)c1csc(CSC2CCCCC2)n1. The Morgan fingerprint density at radius 1 is 1.50 bits per heavy atom. The van der Waals surface area contributed by atoms with Crippen molar-refractivity contribution in [2.75, 3.05) is 0 Å². The Morgan fingerprint density at radius 3 is 2.88 bits per heavy atom. The van der Waals surface area contributed by atoms with Crippen molar-refractivity contribution in [2.24, 2.45) is 0 Å². The fraction of sp³-hybridized carbons (Fsp3) is 0.636. The van der Waals surface area contributed by atoms with Gasteiger partial charge in [-0.3, -0.25) is 0 Å². The molecule has 2 rings (SSSR count). The monoisotopic (exact) mass is 257 g/mol. The Hall–Kier alpha value is -0.550. The number of carboxylic acid groups (broad SMARTS) is 1. The second kappa shape index (κ2) is 5.68. The lowest BCUT2D eigenvalue weighted by molar-refractivity contribution is 0.0691. The molecule has 0 spiro atoms. The Labute approximate surface area is 103 Å². The third-order valence-corrected chi connectivity index (χ3v) is 5.18. The third-order valence-electron chi connectivity index (χ3n) is 2.77. The average Bonchev–Trinajstić information content (AvgIpc) is 2.76. The van der Waals surface area contributed by atoms with Crippen molar-refractivity contribution in [2.45, 2.75) is 43.1 Å². The number of aromatic nitrogens is 1. The first-order valence-corrected chi connectivity index (χ1v) is 7.48. The van der Waals surface area contributed by atoms with Crippen molar-refractivity contribution >= 4 is 29.1 Å². The molecule has 16 heavy (non-hydrogen) atoms. The molecule has 3 nitrogen and oxygen atoms in total. The number of carboxylic acids is 1. The van der Waals surface area contributed by atoms with Gasteiger partial charge < -0.3 is 5.11 Å². The lowest BCUT2D eigenvalue weighted by atomic mass is 10.0. The standard InChI is InChI=1S/C11H15NO2S2/c13-11(14)9-6-16-10(12-9)7-15-8-4-2-1-3-5-8/h6,8H,1-5,7H2,(H,13,14). The molecule has 1 heterocycles. The van der Waals surface area contributed by atoms with Crippen LogP contribution in [-0.2, 0) is 5.75 Å². The summed E-state index contributed by atoms with van der Waals surface area (Å²) in [6, 6.07) is 0. The van der Waals surface area contributed by atoms with Crippen LogP contribution in [-0.4, -0.2) is 21.3 Å². The van der Waals surface area contributed by atoms with Crippen molar-refractivity contribution in [3.63, 3.8) is 0 Å². The molecular weight excluding hydrogens is 242 g/mol. The zero-order valence-corrected chi connectivity index (χ0v) is 10.6. The molecule has 0 atom stereocenters. The normalized spacial score (nSPS) is 17.5. The van der Waals surface area contributed by atoms with Gasteiger partial charge in [-0.05, 0) is 12.8 Å². The summed E-state index contributed by atoms with van der Waals surface area (Å²) < 4.78 is 0. The van der Waals surface area contributed by atoms with Crippen LogP contribution in [0.2, 0.25) is 0 Å². The molecule has 88 valence electrons. The van der Waals surface area contributed by atoms with Gasteiger partial charge in [-0.1, -0.05) is 19.3 Å². The molecule has 1 N–H and O–H groups in total. The molecule has 1 saturated carbocycles. The molecule has 0 aliphatic heterocycles. The fourth-order valence-corrected chi connectivity index (χ4v) is 4.03. The minimum absolute atomic E-state index is 0.184. The van der Waals surface area contributed by atoms with Gasteiger partial charge >= 0.3 is 5.97 Å². The summed E-state index contributed by atoms with van der Waals surface area (Å²) in [7, 11) is 0. The van der Waals surface area contributed by atoms with E-state index in [1.165, 1.54) is 43.4 Å². The minimum Gasteiger partial charge on any atom is -0.476 e. The van der Waals surface area contributed by atoms with E-state index in [-0.39, 0.29) is 5.69 Å². The highest BCUT2D eigenvalue weighted by atomic mass is 32.2. The number of hydrogen-bond acceptors (Lipinski definition) is 4. The molecule has 0 radical (unpaired) electrons. The number of thiazole rings is 1. The molecule has 1 aliphatic carbocycles. The van der Waals surface area contributed by atoms with E-state index >= 15 is 0 Å². The van der Waals surface area contributed by atoms with Gasteiger partial charge in [0, 0.05) is 16.4 Å². The predicted octanol–water partition coefficient (Wildman–Crippen LogP) is 3.41. The largest absolute Gasteiger partial charge is 0.476 e. The van der Waals surface area contributed by atoms with Gasteiger partial charge in [0.1, 0.15) is 5.01 Å². The zero-order valence-electron chi connectivity index (χ0n) is 9.02. The van der Waals surface area contributed by atoms with Crippen molar-refractivity contribution in [1.82, 2.24) is 4.98 Å². The molecule has 0 saturated heterocycles. The van der Waals surface area contributed by atoms with Crippen LogP contribution in [0.3, 0.4) is 0 Å². The van der Waals surface area contributed by atoms with Gasteiger partial charge in [-0.25, -0.2) is 9.78 Å². The van der Waals surface area contributed by atoms with Crippen molar-refractivity contribution in [3.8, 4) is 0 Å². The van der Waals surface area contributed by atoms with Crippen molar-refractivity contribution in [1.29, 1.82) is 0 Å². The number of rotatable bonds is 4. The predicted molar refractivity (Wildman–Crippen MR) is 67.2 cm³/mol. The first-order valence-electron chi connectivity index (χ1n) is 5.55. The summed E-state index contributed by atoms with van der Waals surface area (Å²) in [6.45, 7) is 0. The molecule has 0 bridgehead atoms. The van der Waals surface area contributed by atoms with Crippen LogP contribution in [0, 0.1) is 0 Å². The quantitative estimate of drug-likeness (QED) is 0.898. The van der Waals surface area contributed by atoms with E-state index in [2.05, 4.69) is 4.98 Å². The van der Waals surface area contributed by atoms with Crippen LogP contribution in [0.25, 0.3) is 0 Å². The van der Waals surface area contributed by atoms with Crippen LogP contribution in [0.1, 0.15) is 47.6 Å². The molecular formula is C11H15NO2S2. The summed E-state index contributed by atoms with van der Waals surface area (Å²) in [5, 5.41) is 12.1. The number of hydrogen-bond donors (Lipinski definition) is 1. The molecule has 0 amide bonds. The van der Waals surface area contributed by atoms with E-state index < -0.39 is 5.97 Å². The van der Waals surface area contributed by atoms with E-state index in [1.54, 1.807) is 5.38 Å². The van der Waals surface area contributed by atoms with E-state index in [0.717, 1.165) is 16.0 Å². The van der Waals surface area contributed by atoms with Crippen LogP contribution < -0.4 is 0 Å². The van der Waals surface area contributed by atoms with Crippen molar-refractivity contribution < 1.29 is 9.90 Å². The van der Waals surface area contributed by atoms with Gasteiger partial charge in [0.05, 0.1) is 0 Å². The smallest absolute Gasteiger partial charge is 0.355 e. The molecule has 0 aromatic carbocycles. The van der Waals surface area contributed by atoms with E-state index in [4.69, 9.17) is 5.11 Å². The van der Waals surface area contributed by atoms with Gasteiger partial charge in [0.25, 0.3) is 0 Å². The first kappa shape index (κ1) is 11.9. The Morgan fingerprint density at radius 2 is 2.25 bits per heavy atom. The summed E-state index contributed by atoms with van der Waals surface area (Å²) in [6.07, 6.45) is 6.67. The summed E-state index contributed by atoms with van der Waals surface area (Å²) >= 11 is 3.38. The third kappa shape index (κ3) is 3.22. The second-order valence-corrected chi connectivity index (χ2v) is 6.23. The maximum atomic E-state index is 10.7. The Kier molecular flexibility index (Phi) is 4.23. The second-order valence-electron chi connectivity index (χ2n) is 4.00. The zero-order chi connectivity index (χ0) is 11.4. The highest BCUT2D eigenvalue weighted by Crippen LogP contribution is 2.31. The summed E-state index contributed by atoms with van der Waals surface area (Å²) in [5.41, 5.74) is 0.184. The molecule has 1 aromatic rings. The molecule has 1 aromatic heterocycles. The van der Waals surface area contributed by atoms with E-state index in [1.807, 2.05) is 11.8 Å². The van der Waals surface area contributed by atoms with Gasteiger partial charge in [0.2, 0.25) is 0 Å². The van der Waals surface area contributed by atoms with Gasteiger partial charge in [-0.2, -0.15) is 11.8 Å². The summed E-state index contributed by atoms with van der Waals surface area (Å²) in [4.78, 5) is 14.7. The lowest BCUT2D eigenvalue weighted by Crippen LogP contribution is -2.08. The highest BCUT2D eigenvalue weighted by Gasteiger charge is 2.15. The molecule has 0 unspecified atom stereocenters. The topological polar surface area (TPSA) is 50.2 Å². The van der Waals surface area contributed by atoms with Crippen LogP contribution >= 0.6 is 23.1 Å². The maximum absolute atomic E-state index is 10.7. The van der Waals surface area contributed by atoms with Gasteiger partial charge in [0.15, 0.2) is 5.69 Å². The fourth-order valence-electron chi connectivity index (χ4n) is 1.90. The first-order chi connectivity index (χ1) is 7.75. The number of thioether (sulfide) groups is 1. The Balaban J connectivity index is 1.81. The van der Waals surface area contributed by atoms with E-state index in [0.29, 0.717) is 0 Å². The maximum Gasteiger partial charge on any atom is 0.355 e. The molecule has 1 aliphatic rings.